The van der Waals surface area contributed by atoms with E-state index in [2.05, 4.69) is 16.8 Å². The molecule has 2 aliphatic rings. The molecule has 1 N–H and O–H groups in total. The number of hydrogen-bond acceptors (Lipinski definition) is 5. The van der Waals surface area contributed by atoms with E-state index < -0.39 is 18.0 Å². The summed E-state index contributed by atoms with van der Waals surface area (Å²) in [5.74, 6) is 0.743. The highest BCUT2D eigenvalue weighted by atomic mass is 127. The van der Waals surface area contributed by atoms with Gasteiger partial charge in [0, 0.05) is 32.2 Å². The van der Waals surface area contributed by atoms with Crippen LogP contribution in [0.5, 0.6) is 0 Å². The van der Waals surface area contributed by atoms with Crippen LogP contribution in [-0.4, -0.2) is 59.4 Å². The average Bonchev–Trinajstić information content (AvgIpc) is 2.63. The second-order valence-electron chi connectivity index (χ2n) is 7.57. The summed E-state index contributed by atoms with van der Waals surface area (Å²) < 4.78 is 44.2. The number of rotatable bonds is 4. The van der Waals surface area contributed by atoms with Gasteiger partial charge in [0.1, 0.15) is 40.6 Å². The predicted octanol–water partition coefficient (Wildman–Crippen LogP) is 3.51. The van der Waals surface area contributed by atoms with Crippen LogP contribution >= 0.6 is 23.0 Å². The van der Waals surface area contributed by atoms with Gasteiger partial charge in [0.05, 0.1) is 6.10 Å². The summed E-state index contributed by atoms with van der Waals surface area (Å²) in [6.07, 6.45) is -2.45. The summed E-state index contributed by atoms with van der Waals surface area (Å²) in [6, 6.07) is 4.34. The van der Waals surface area contributed by atoms with Crippen molar-refractivity contribution >= 4 is 28.8 Å². The first kappa shape index (κ1) is 21.1. The predicted molar refractivity (Wildman–Crippen MR) is 105 cm³/mol. The van der Waals surface area contributed by atoms with Crippen LogP contribution in [0.3, 0.4) is 0 Å². The normalized spacial score (nSPS) is 30.5. The molecule has 0 unspecified atom stereocenters. The number of piperidine rings is 2. The molecule has 2 saturated heterocycles. The van der Waals surface area contributed by atoms with Gasteiger partial charge in [-0.2, -0.15) is 13.2 Å². The van der Waals surface area contributed by atoms with Crippen molar-refractivity contribution in [2.75, 3.05) is 31.1 Å². The van der Waals surface area contributed by atoms with Crippen molar-refractivity contribution in [3.8, 4) is 0 Å². The molecule has 3 rings (SSSR count). The molecule has 0 saturated carbocycles. The van der Waals surface area contributed by atoms with Crippen LogP contribution < -0.4 is 4.90 Å². The van der Waals surface area contributed by atoms with Crippen LogP contribution in [0, 0.1) is 5.92 Å². The van der Waals surface area contributed by atoms with Crippen LogP contribution in [0.2, 0.25) is 0 Å². The number of halogens is 4. The smallest absolute Gasteiger partial charge is 0.390 e. The summed E-state index contributed by atoms with van der Waals surface area (Å²) in [5.41, 5.74) is -0.845. The SMILES string of the molecule is C[C@H]1C[C@H](O)[C@@H](OI)CN1C[C@H]1CCCN(c2cccc(C(F)(F)F)n2)C1. The fourth-order valence-corrected chi connectivity index (χ4v) is 4.54. The molecule has 0 aliphatic carbocycles. The number of alkyl halides is 3. The van der Waals surface area contributed by atoms with Gasteiger partial charge in [0.25, 0.3) is 0 Å². The Morgan fingerprint density at radius 3 is 2.81 bits per heavy atom. The standard InChI is InChI=1S/C18H25F3IN3O2/c1-12-8-14(26)15(27-22)11-25(12)10-13-4-3-7-24(9-13)17-6-2-5-16(23-17)18(19,20)21/h2,5-6,12-15,26H,3-4,7-11H2,1H3/t12-,13-,14-,15-/m0/s1. The summed E-state index contributed by atoms with van der Waals surface area (Å²) in [6.45, 7) is 5.03. The Bertz CT molecular complexity index is 634. The highest BCUT2D eigenvalue weighted by Gasteiger charge is 2.35. The highest BCUT2D eigenvalue weighted by molar-refractivity contribution is 14.1. The van der Waals surface area contributed by atoms with E-state index in [1.165, 1.54) is 6.07 Å². The fraction of sp³-hybridized carbons (Fsp3) is 0.722. The van der Waals surface area contributed by atoms with Crippen LogP contribution in [0.25, 0.3) is 0 Å². The molecule has 2 aliphatic heterocycles. The Morgan fingerprint density at radius 1 is 1.33 bits per heavy atom. The largest absolute Gasteiger partial charge is 0.433 e. The lowest BCUT2D eigenvalue weighted by atomic mass is 9.93. The number of aliphatic hydroxyl groups is 1. The van der Waals surface area contributed by atoms with Crippen LogP contribution in [0.15, 0.2) is 18.2 Å². The number of nitrogens with zero attached hydrogens (tertiary/aromatic N) is 3. The molecule has 0 spiro atoms. The average molecular weight is 499 g/mol. The van der Waals surface area contributed by atoms with Gasteiger partial charge >= 0.3 is 6.18 Å². The summed E-state index contributed by atoms with van der Waals surface area (Å²) in [4.78, 5) is 8.11. The Labute approximate surface area is 171 Å². The third kappa shape index (κ3) is 5.24. The van der Waals surface area contributed by atoms with Gasteiger partial charge in [-0.3, -0.25) is 4.90 Å². The first-order valence-electron chi connectivity index (χ1n) is 9.26. The van der Waals surface area contributed by atoms with Gasteiger partial charge in [-0.15, -0.1) is 0 Å². The summed E-state index contributed by atoms with van der Waals surface area (Å²) in [7, 11) is 0. The maximum atomic E-state index is 12.9. The molecule has 2 fully saturated rings. The van der Waals surface area contributed by atoms with Gasteiger partial charge in [-0.25, -0.2) is 4.98 Å². The second kappa shape index (κ2) is 8.79. The summed E-state index contributed by atoms with van der Waals surface area (Å²) >= 11 is 1.84. The summed E-state index contributed by atoms with van der Waals surface area (Å²) in [5, 5.41) is 10.1. The molecular formula is C18H25F3IN3O2. The van der Waals surface area contributed by atoms with E-state index in [4.69, 9.17) is 3.07 Å². The molecule has 4 atom stereocenters. The Kier molecular flexibility index (Phi) is 6.86. The van der Waals surface area contributed by atoms with E-state index in [0.717, 1.165) is 32.0 Å². The van der Waals surface area contributed by atoms with E-state index in [0.29, 0.717) is 31.2 Å². The van der Waals surface area contributed by atoms with Crippen molar-refractivity contribution in [3.63, 3.8) is 0 Å². The fourth-order valence-electron chi connectivity index (χ4n) is 4.04. The molecular weight excluding hydrogens is 474 g/mol. The third-order valence-electron chi connectivity index (χ3n) is 5.52. The minimum absolute atomic E-state index is 0.202. The van der Waals surface area contributed by atoms with Gasteiger partial charge in [0.15, 0.2) is 0 Å². The number of aliphatic hydroxyl groups excluding tert-OH is 1. The van der Waals surface area contributed by atoms with Crippen molar-refractivity contribution in [3.05, 3.63) is 23.9 Å². The zero-order valence-corrected chi connectivity index (χ0v) is 17.4. The zero-order chi connectivity index (χ0) is 19.6. The second-order valence-corrected chi connectivity index (χ2v) is 8.08. The van der Waals surface area contributed by atoms with E-state index >= 15 is 0 Å². The molecule has 1 aromatic rings. The lowest BCUT2D eigenvalue weighted by Gasteiger charge is -2.43. The van der Waals surface area contributed by atoms with Crippen molar-refractivity contribution in [2.24, 2.45) is 5.92 Å². The molecule has 1 aromatic heterocycles. The van der Waals surface area contributed by atoms with Gasteiger partial charge in [-0.05, 0) is 44.2 Å². The van der Waals surface area contributed by atoms with Gasteiger partial charge < -0.3 is 13.1 Å². The van der Waals surface area contributed by atoms with E-state index in [9.17, 15) is 18.3 Å². The quantitative estimate of drug-likeness (QED) is 0.643. The molecule has 0 bridgehead atoms. The van der Waals surface area contributed by atoms with E-state index in [1.54, 1.807) is 6.07 Å². The van der Waals surface area contributed by atoms with Crippen LogP contribution in [0.4, 0.5) is 19.0 Å². The number of pyridine rings is 1. The molecule has 3 heterocycles. The van der Waals surface area contributed by atoms with Crippen molar-refractivity contribution in [2.45, 2.75) is 50.6 Å². The van der Waals surface area contributed by atoms with Crippen molar-refractivity contribution in [1.29, 1.82) is 0 Å². The molecule has 27 heavy (non-hydrogen) atoms. The van der Waals surface area contributed by atoms with E-state index in [-0.39, 0.29) is 12.1 Å². The number of anilines is 1. The molecule has 9 heteroatoms. The van der Waals surface area contributed by atoms with Crippen LogP contribution in [-0.2, 0) is 9.24 Å². The third-order valence-corrected chi connectivity index (χ3v) is 6.18. The Morgan fingerprint density at radius 2 is 2.11 bits per heavy atom. The van der Waals surface area contributed by atoms with Crippen molar-refractivity contribution < 1.29 is 21.3 Å². The Balaban J connectivity index is 1.64. The minimum Gasteiger partial charge on any atom is -0.390 e. The van der Waals surface area contributed by atoms with Crippen molar-refractivity contribution in [1.82, 2.24) is 9.88 Å². The maximum Gasteiger partial charge on any atom is 0.433 e. The van der Waals surface area contributed by atoms with Crippen LogP contribution in [0.1, 0.15) is 31.9 Å². The molecule has 0 amide bonds. The number of likely N-dealkylation sites (tertiary alicyclic amines) is 1. The van der Waals surface area contributed by atoms with Gasteiger partial charge in [0.2, 0.25) is 0 Å². The lowest BCUT2D eigenvalue weighted by molar-refractivity contribution is -0.141. The highest BCUT2D eigenvalue weighted by Crippen LogP contribution is 2.31. The molecule has 0 radical (unpaired) electrons. The monoisotopic (exact) mass is 499 g/mol. The topological polar surface area (TPSA) is 48.8 Å². The number of hydrogen-bond donors (Lipinski definition) is 1. The minimum atomic E-state index is -4.43. The van der Waals surface area contributed by atoms with Gasteiger partial charge in [-0.1, -0.05) is 6.07 Å². The number of aromatic nitrogens is 1. The Hall–Kier alpha value is -0.650. The lowest BCUT2D eigenvalue weighted by Crippen LogP contribution is -2.53. The zero-order valence-electron chi connectivity index (χ0n) is 15.2. The first-order valence-corrected chi connectivity index (χ1v) is 10.1. The molecule has 152 valence electrons. The molecule has 0 aromatic carbocycles. The molecule has 5 nitrogen and oxygen atoms in total. The maximum absolute atomic E-state index is 12.9. The first-order chi connectivity index (χ1) is 12.8. The van der Waals surface area contributed by atoms with E-state index in [1.807, 2.05) is 27.9 Å².